The molecule has 5 aliphatic rings. The van der Waals surface area contributed by atoms with Crippen LogP contribution in [0.2, 0.25) is 0 Å². The number of methoxy groups -OCH3 is 1. The van der Waals surface area contributed by atoms with Crippen LogP contribution >= 0.6 is 11.8 Å². The first-order valence-electron chi connectivity index (χ1n) is 23.0. The molecule has 4 heterocycles. The minimum Gasteiger partial charge on any atom is -0.504 e. The van der Waals surface area contributed by atoms with Crippen LogP contribution in [0, 0.1) is 25.2 Å². The molecule has 1 amide bonds. The standard InChI is InChI=1S/C54H54N4O9S/c1-6-20-63-50-31(3)51-52(67-29-66-51)46-38(50)23-42-47-45-33(21-30(2)49(62-5)48(45)59)22-41(57(47)4)43(24-55)58(42)44(46)26-64-53(60)40(56-54(61)65-25-32-14-8-7-9-15-32)28-68-27-39-36-18-12-10-16-34(36)35-17-11-13-19-37(35)39/h6-19,21,39-44,47,59H,1,20,22-23,25-29H2,2-5H3,(H,56,61)/t40-,41+,42?,43+,44+,47+/m1/s1. The molecule has 1 saturated heterocycles. The molecule has 0 radical (unpaired) electrons. The molecule has 4 aliphatic heterocycles. The number of nitrogens with one attached hydrogen (secondary N) is 1. The summed E-state index contributed by atoms with van der Waals surface area (Å²) in [4.78, 5) is 32.7. The molecule has 0 saturated carbocycles. The number of carbonyl (C=O) groups excluding carboxylic acids is 2. The quantitative estimate of drug-likeness (QED) is 0.0810. The van der Waals surface area contributed by atoms with E-state index in [-0.39, 0.29) is 50.1 Å². The fourth-order valence-corrected chi connectivity index (χ4v) is 12.6. The van der Waals surface area contributed by atoms with Crippen molar-refractivity contribution in [2.75, 3.05) is 45.7 Å². The number of fused-ring (bicyclic) bond motifs is 12. The van der Waals surface area contributed by atoms with Crippen LogP contribution in [0.5, 0.6) is 28.7 Å². The average Bonchev–Trinajstić information content (AvgIpc) is 3.97. The van der Waals surface area contributed by atoms with Gasteiger partial charge in [0, 0.05) is 51.8 Å². The monoisotopic (exact) mass is 934 g/mol. The Labute approximate surface area is 400 Å². The maximum atomic E-state index is 14.8. The van der Waals surface area contributed by atoms with Crippen LogP contribution in [0.15, 0.2) is 97.6 Å². The van der Waals surface area contributed by atoms with Crippen LogP contribution in [0.3, 0.4) is 0 Å². The van der Waals surface area contributed by atoms with Crippen LogP contribution < -0.4 is 24.3 Å². The zero-order valence-corrected chi connectivity index (χ0v) is 39.3. The van der Waals surface area contributed by atoms with Gasteiger partial charge in [-0.1, -0.05) is 97.6 Å². The molecule has 5 aromatic rings. The zero-order valence-electron chi connectivity index (χ0n) is 38.5. The Bertz CT molecular complexity index is 2790. The van der Waals surface area contributed by atoms with Gasteiger partial charge in [-0.3, -0.25) is 9.80 Å². The van der Waals surface area contributed by atoms with E-state index in [2.05, 4.69) is 58.1 Å². The molecule has 6 atom stereocenters. The Morgan fingerprint density at radius 2 is 1.66 bits per heavy atom. The number of aromatic hydroxyl groups is 1. The van der Waals surface area contributed by atoms with Gasteiger partial charge in [0.2, 0.25) is 6.79 Å². The minimum atomic E-state index is -1.10. The number of amides is 1. The first-order valence-corrected chi connectivity index (χ1v) is 24.2. The second-order valence-electron chi connectivity index (χ2n) is 18.0. The third-order valence-corrected chi connectivity index (χ3v) is 15.5. The number of aryl methyl sites for hydroxylation is 1. The summed E-state index contributed by atoms with van der Waals surface area (Å²) in [5, 5.41) is 26.1. The van der Waals surface area contributed by atoms with E-state index in [1.165, 1.54) is 22.3 Å². The topological polar surface area (TPSA) is 152 Å². The number of alkyl carbamates (subject to hydrolysis) is 1. The number of likely N-dealkylation sites (N-methyl/N-ethyl adjacent to an activating group) is 1. The van der Waals surface area contributed by atoms with Gasteiger partial charge in [-0.2, -0.15) is 17.0 Å². The lowest BCUT2D eigenvalue weighted by Crippen LogP contribution is -2.68. The highest BCUT2D eigenvalue weighted by Gasteiger charge is 2.57. The molecule has 1 aliphatic carbocycles. The first kappa shape index (κ1) is 45.1. The van der Waals surface area contributed by atoms with Crippen molar-refractivity contribution in [3.8, 4) is 45.9 Å². The van der Waals surface area contributed by atoms with Crippen molar-refractivity contribution in [3.63, 3.8) is 0 Å². The normalized spacial score (nSPS) is 21.2. The summed E-state index contributed by atoms with van der Waals surface area (Å²) in [6.07, 6.45) is 1.82. The van der Waals surface area contributed by atoms with Gasteiger partial charge in [-0.15, -0.1) is 0 Å². The van der Waals surface area contributed by atoms with Gasteiger partial charge in [-0.05, 0) is 72.7 Å². The maximum Gasteiger partial charge on any atom is 0.408 e. The van der Waals surface area contributed by atoms with Crippen molar-refractivity contribution < 1.29 is 43.1 Å². The van der Waals surface area contributed by atoms with Crippen LogP contribution in [-0.4, -0.2) is 96.8 Å². The number of phenols is 1. The van der Waals surface area contributed by atoms with E-state index in [9.17, 15) is 20.0 Å². The molecule has 13 nitrogen and oxygen atoms in total. The zero-order chi connectivity index (χ0) is 47.2. The molecule has 2 N–H and O–H groups in total. The highest BCUT2D eigenvalue weighted by Crippen LogP contribution is 2.58. The fourth-order valence-electron chi connectivity index (χ4n) is 11.4. The van der Waals surface area contributed by atoms with Crippen molar-refractivity contribution >= 4 is 23.8 Å². The molecule has 68 heavy (non-hydrogen) atoms. The smallest absolute Gasteiger partial charge is 0.408 e. The Balaban J connectivity index is 1.00. The van der Waals surface area contributed by atoms with Gasteiger partial charge in [0.25, 0.3) is 0 Å². The number of rotatable bonds is 14. The number of esters is 1. The Hall–Kier alpha value is -6.66. The Kier molecular flexibility index (Phi) is 12.5. The van der Waals surface area contributed by atoms with Crippen LogP contribution in [0.1, 0.15) is 68.1 Å². The van der Waals surface area contributed by atoms with Crippen molar-refractivity contribution in [1.29, 1.82) is 5.26 Å². The number of ether oxygens (including phenoxy) is 6. The molecule has 0 aromatic heterocycles. The fraction of sp³-hybridized carbons (Fsp3) is 0.352. The molecule has 1 fully saturated rings. The third kappa shape index (κ3) is 7.76. The van der Waals surface area contributed by atoms with Crippen LogP contribution in [-0.2, 0) is 33.7 Å². The highest BCUT2D eigenvalue weighted by atomic mass is 32.2. The lowest BCUT2D eigenvalue weighted by Gasteiger charge is -2.59. The van der Waals surface area contributed by atoms with E-state index in [1.807, 2.05) is 75.5 Å². The number of phenolic OH excluding ortho intramolecular Hbond substituents is 1. The average molecular weight is 935 g/mol. The highest BCUT2D eigenvalue weighted by molar-refractivity contribution is 7.99. The summed E-state index contributed by atoms with van der Waals surface area (Å²) in [5.41, 5.74) is 10.5. The van der Waals surface area contributed by atoms with Crippen LogP contribution in [0.4, 0.5) is 4.79 Å². The Morgan fingerprint density at radius 1 is 0.956 bits per heavy atom. The van der Waals surface area contributed by atoms with Gasteiger partial charge >= 0.3 is 12.1 Å². The summed E-state index contributed by atoms with van der Waals surface area (Å²) in [5.74, 6) is 2.40. The van der Waals surface area contributed by atoms with Crippen molar-refractivity contribution in [2.45, 2.75) is 75.5 Å². The SMILES string of the molecule is C=CCOc1c(C)c2c(c3c1CC1[C@H]4c5c(cc(C)c(OC)c5O)C[C@@H]([C@H](C#N)N1[C@H]3COC(=O)[C@@H](CSCC1c3ccccc3-c3ccccc31)NC(=O)OCc1ccccc1)N4C)OCO2. The number of thioether (sulfide) groups is 1. The summed E-state index contributed by atoms with van der Waals surface area (Å²) in [6.45, 7) is 7.76. The lowest BCUT2D eigenvalue weighted by molar-refractivity contribution is -0.150. The number of nitrogens with zero attached hydrogens (tertiary/aromatic N) is 3. The molecule has 5 aromatic carbocycles. The van der Waals surface area contributed by atoms with Gasteiger partial charge in [0.15, 0.2) is 23.0 Å². The number of benzene rings is 5. The van der Waals surface area contributed by atoms with Crippen molar-refractivity contribution in [2.24, 2.45) is 0 Å². The van der Waals surface area contributed by atoms with Gasteiger partial charge in [0.1, 0.15) is 37.7 Å². The summed E-state index contributed by atoms with van der Waals surface area (Å²) in [6, 6.07) is 27.2. The number of piperazine rings is 1. The number of hydrogen-bond donors (Lipinski definition) is 2. The first-order chi connectivity index (χ1) is 33.1. The van der Waals surface area contributed by atoms with E-state index in [1.54, 1.807) is 24.9 Å². The molecule has 10 rings (SSSR count). The minimum absolute atomic E-state index is 0.0196. The summed E-state index contributed by atoms with van der Waals surface area (Å²) in [7, 11) is 3.55. The van der Waals surface area contributed by atoms with E-state index < -0.39 is 42.3 Å². The summed E-state index contributed by atoms with van der Waals surface area (Å²) < 4.78 is 36.7. The molecule has 14 heteroatoms. The van der Waals surface area contributed by atoms with Gasteiger partial charge in [0.05, 0.1) is 25.3 Å². The second kappa shape index (κ2) is 18.8. The van der Waals surface area contributed by atoms with Crippen LogP contribution in [0.25, 0.3) is 11.1 Å². The third-order valence-electron chi connectivity index (χ3n) is 14.3. The lowest BCUT2D eigenvalue weighted by atomic mass is 9.71. The predicted octanol–water partition coefficient (Wildman–Crippen LogP) is 8.47. The number of hydrogen-bond acceptors (Lipinski definition) is 13. The number of carbonyl (C=O) groups is 2. The molecule has 1 unspecified atom stereocenters. The van der Waals surface area contributed by atoms with E-state index >= 15 is 0 Å². The molecular weight excluding hydrogens is 881 g/mol. The largest absolute Gasteiger partial charge is 0.504 e. The molecule has 0 spiro atoms. The van der Waals surface area contributed by atoms with Crippen molar-refractivity contribution in [3.05, 3.63) is 148 Å². The maximum absolute atomic E-state index is 14.8. The Morgan fingerprint density at radius 3 is 2.37 bits per heavy atom. The van der Waals surface area contributed by atoms with E-state index in [0.717, 1.165) is 33.4 Å². The van der Waals surface area contributed by atoms with E-state index in [0.29, 0.717) is 47.2 Å². The predicted molar refractivity (Wildman–Crippen MR) is 257 cm³/mol. The van der Waals surface area contributed by atoms with E-state index in [4.69, 9.17) is 28.4 Å². The summed E-state index contributed by atoms with van der Waals surface area (Å²) >= 11 is 1.56. The van der Waals surface area contributed by atoms with Gasteiger partial charge in [-0.25, -0.2) is 9.59 Å². The molecule has 2 bridgehead atoms. The molecule has 350 valence electrons. The van der Waals surface area contributed by atoms with Crippen molar-refractivity contribution in [1.82, 2.24) is 15.1 Å². The van der Waals surface area contributed by atoms with Gasteiger partial charge < -0.3 is 38.8 Å². The second-order valence-corrected chi connectivity index (χ2v) is 19.1. The number of nitriles is 1. The molecular formula is C54H54N4O9S.